The molecule has 102 valence electrons. The van der Waals surface area contributed by atoms with Crippen LogP contribution in [-0.2, 0) is 16.6 Å². The van der Waals surface area contributed by atoms with Gasteiger partial charge in [0.05, 0.1) is 11.5 Å². The van der Waals surface area contributed by atoms with Gasteiger partial charge in [0.25, 0.3) is 0 Å². The highest BCUT2D eigenvalue weighted by atomic mass is 32.2. The Morgan fingerprint density at radius 1 is 1.44 bits per heavy atom. The fraction of sp³-hybridized carbons (Fsp3) is 0.667. The van der Waals surface area contributed by atoms with E-state index in [0.29, 0.717) is 30.6 Å². The number of H-pyrrole nitrogens is 1. The Balaban J connectivity index is 2.21. The van der Waals surface area contributed by atoms with Gasteiger partial charge in [0.2, 0.25) is 10.0 Å². The highest BCUT2D eigenvalue weighted by Gasteiger charge is 2.32. The largest absolute Gasteiger partial charge is 0.390 e. The highest BCUT2D eigenvalue weighted by molar-refractivity contribution is 7.89. The first kappa shape index (κ1) is 13.6. The van der Waals surface area contributed by atoms with E-state index in [4.69, 9.17) is 5.11 Å². The van der Waals surface area contributed by atoms with E-state index >= 15 is 0 Å². The van der Waals surface area contributed by atoms with Crippen LogP contribution in [0.5, 0.6) is 0 Å². The van der Waals surface area contributed by atoms with Gasteiger partial charge in [-0.25, -0.2) is 8.42 Å². The molecule has 0 saturated carbocycles. The standard InChI is InChI=1S/C12H20N2O3S/c1-9-3-4-14(7-10(9)2)18(16,17)12-5-11(8-15)13-6-12/h5-6,9-10,13,15H,3-4,7-8H2,1-2H3. The van der Waals surface area contributed by atoms with E-state index in [9.17, 15) is 8.42 Å². The van der Waals surface area contributed by atoms with Gasteiger partial charge >= 0.3 is 0 Å². The van der Waals surface area contributed by atoms with Crippen molar-refractivity contribution in [2.45, 2.75) is 31.8 Å². The molecule has 2 unspecified atom stereocenters. The molecule has 0 amide bonds. The Kier molecular flexibility index (Phi) is 3.79. The first-order valence-electron chi connectivity index (χ1n) is 6.23. The molecule has 1 aliphatic heterocycles. The summed E-state index contributed by atoms with van der Waals surface area (Å²) in [7, 11) is -3.42. The van der Waals surface area contributed by atoms with Crippen LogP contribution in [0.2, 0.25) is 0 Å². The third-order valence-electron chi connectivity index (χ3n) is 3.82. The second kappa shape index (κ2) is 5.03. The van der Waals surface area contributed by atoms with E-state index in [1.807, 2.05) is 0 Å². The van der Waals surface area contributed by atoms with Crippen molar-refractivity contribution >= 4 is 10.0 Å². The molecular formula is C12H20N2O3S. The van der Waals surface area contributed by atoms with Gasteiger partial charge in [-0.2, -0.15) is 4.31 Å². The molecule has 6 heteroatoms. The number of aromatic amines is 1. The van der Waals surface area contributed by atoms with E-state index in [2.05, 4.69) is 18.8 Å². The number of hydrogen-bond donors (Lipinski definition) is 2. The van der Waals surface area contributed by atoms with Crippen LogP contribution < -0.4 is 0 Å². The molecule has 0 aliphatic carbocycles. The van der Waals surface area contributed by atoms with Crippen molar-refractivity contribution in [3.63, 3.8) is 0 Å². The summed E-state index contributed by atoms with van der Waals surface area (Å²) in [6, 6.07) is 1.50. The SMILES string of the molecule is CC1CCN(S(=O)(=O)c2c[nH]c(CO)c2)CC1C. The predicted octanol–water partition coefficient (Wildman–Crippen LogP) is 1.17. The molecule has 1 saturated heterocycles. The van der Waals surface area contributed by atoms with E-state index in [1.165, 1.54) is 12.3 Å². The minimum Gasteiger partial charge on any atom is -0.390 e. The molecule has 2 atom stereocenters. The molecule has 0 bridgehead atoms. The zero-order valence-corrected chi connectivity index (χ0v) is 11.6. The number of nitrogens with zero attached hydrogens (tertiary/aromatic N) is 1. The number of aliphatic hydroxyl groups is 1. The third kappa shape index (κ3) is 2.46. The average molecular weight is 272 g/mol. The lowest BCUT2D eigenvalue weighted by Gasteiger charge is -2.34. The molecule has 0 spiro atoms. The quantitative estimate of drug-likeness (QED) is 0.867. The summed E-state index contributed by atoms with van der Waals surface area (Å²) in [6.45, 7) is 5.22. The van der Waals surface area contributed by atoms with Crippen LogP contribution >= 0.6 is 0 Å². The molecule has 2 heterocycles. The van der Waals surface area contributed by atoms with Crippen molar-refractivity contribution in [3.05, 3.63) is 18.0 Å². The van der Waals surface area contributed by atoms with Gasteiger partial charge in [-0.3, -0.25) is 0 Å². The van der Waals surface area contributed by atoms with Crippen molar-refractivity contribution in [1.29, 1.82) is 0 Å². The summed E-state index contributed by atoms with van der Waals surface area (Å²) in [5.74, 6) is 0.945. The molecular weight excluding hydrogens is 252 g/mol. The zero-order chi connectivity index (χ0) is 13.3. The Hall–Kier alpha value is -0.850. The highest BCUT2D eigenvalue weighted by Crippen LogP contribution is 2.27. The summed E-state index contributed by atoms with van der Waals surface area (Å²) in [6.07, 6.45) is 2.35. The first-order chi connectivity index (χ1) is 8.45. The number of aliphatic hydroxyl groups excluding tert-OH is 1. The Bertz CT molecular complexity index is 509. The predicted molar refractivity (Wildman–Crippen MR) is 68.4 cm³/mol. The first-order valence-corrected chi connectivity index (χ1v) is 7.67. The number of nitrogens with one attached hydrogen (secondary N) is 1. The molecule has 1 fully saturated rings. The lowest BCUT2D eigenvalue weighted by Crippen LogP contribution is -2.42. The van der Waals surface area contributed by atoms with Crippen molar-refractivity contribution in [3.8, 4) is 0 Å². The third-order valence-corrected chi connectivity index (χ3v) is 5.66. The average Bonchev–Trinajstić information content (AvgIpc) is 2.81. The topological polar surface area (TPSA) is 73.4 Å². The monoisotopic (exact) mass is 272 g/mol. The molecule has 1 aliphatic rings. The maximum atomic E-state index is 12.4. The molecule has 2 N–H and O–H groups in total. The van der Waals surface area contributed by atoms with Gasteiger partial charge in [-0.1, -0.05) is 13.8 Å². The minimum absolute atomic E-state index is 0.178. The smallest absolute Gasteiger partial charge is 0.244 e. The Labute approximate surface area is 108 Å². The molecule has 0 radical (unpaired) electrons. The molecule has 1 aromatic heterocycles. The van der Waals surface area contributed by atoms with Gasteiger partial charge in [0.15, 0.2) is 0 Å². The van der Waals surface area contributed by atoms with Crippen LogP contribution in [0, 0.1) is 11.8 Å². The maximum Gasteiger partial charge on any atom is 0.244 e. The van der Waals surface area contributed by atoms with Crippen LogP contribution in [0.25, 0.3) is 0 Å². The van der Waals surface area contributed by atoms with Crippen molar-refractivity contribution in [2.24, 2.45) is 11.8 Å². The minimum atomic E-state index is -3.42. The van der Waals surface area contributed by atoms with Gasteiger partial charge in [-0.05, 0) is 24.3 Å². The number of aromatic nitrogens is 1. The number of rotatable bonds is 3. The van der Waals surface area contributed by atoms with E-state index in [1.54, 1.807) is 4.31 Å². The number of sulfonamides is 1. The Morgan fingerprint density at radius 3 is 2.72 bits per heavy atom. The summed E-state index contributed by atoms with van der Waals surface area (Å²) < 4.78 is 26.3. The fourth-order valence-corrected chi connectivity index (χ4v) is 3.83. The Morgan fingerprint density at radius 2 is 2.17 bits per heavy atom. The van der Waals surface area contributed by atoms with Crippen LogP contribution in [0.4, 0.5) is 0 Å². The molecule has 1 aromatic rings. The molecule has 5 nitrogen and oxygen atoms in total. The van der Waals surface area contributed by atoms with Crippen molar-refractivity contribution in [2.75, 3.05) is 13.1 Å². The van der Waals surface area contributed by atoms with E-state index in [0.717, 1.165) is 6.42 Å². The van der Waals surface area contributed by atoms with Crippen molar-refractivity contribution < 1.29 is 13.5 Å². The molecule has 0 aromatic carbocycles. The van der Waals surface area contributed by atoms with Crippen LogP contribution in [0.3, 0.4) is 0 Å². The van der Waals surface area contributed by atoms with Crippen molar-refractivity contribution in [1.82, 2.24) is 9.29 Å². The maximum absolute atomic E-state index is 12.4. The summed E-state index contributed by atoms with van der Waals surface area (Å²) >= 11 is 0. The second-order valence-corrected chi connectivity index (χ2v) is 7.06. The van der Waals surface area contributed by atoms with Gasteiger partial charge < -0.3 is 10.1 Å². The van der Waals surface area contributed by atoms with Crippen LogP contribution in [-0.4, -0.2) is 35.9 Å². The summed E-state index contributed by atoms with van der Waals surface area (Å²) in [5.41, 5.74) is 0.520. The second-order valence-electron chi connectivity index (χ2n) is 5.13. The lowest BCUT2D eigenvalue weighted by atomic mass is 9.90. The normalized spacial score (nSPS) is 26.4. The van der Waals surface area contributed by atoms with Crippen LogP contribution in [0.15, 0.2) is 17.2 Å². The molecule has 2 rings (SSSR count). The number of hydrogen-bond acceptors (Lipinski definition) is 3. The molecule has 18 heavy (non-hydrogen) atoms. The van der Waals surface area contributed by atoms with E-state index < -0.39 is 10.0 Å². The summed E-state index contributed by atoms with van der Waals surface area (Å²) in [4.78, 5) is 3.01. The van der Waals surface area contributed by atoms with E-state index in [-0.39, 0.29) is 11.5 Å². The van der Waals surface area contributed by atoms with Gasteiger partial charge in [0.1, 0.15) is 0 Å². The van der Waals surface area contributed by atoms with Gasteiger partial charge in [0, 0.05) is 25.0 Å². The number of piperidine rings is 1. The zero-order valence-electron chi connectivity index (χ0n) is 10.8. The van der Waals surface area contributed by atoms with Gasteiger partial charge in [-0.15, -0.1) is 0 Å². The van der Waals surface area contributed by atoms with Crippen LogP contribution in [0.1, 0.15) is 26.0 Å². The summed E-state index contributed by atoms with van der Waals surface area (Å²) in [5, 5.41) is 8.96. The fourth-order valence-electron chi connectivity index (χ4n) is 2.25. The lowest BCUT2D eigenvalue weighted by molar-refractivity contribution is 0.212.